The third kappa shape index (κ3) is 2.65. The van der Waals surface area contributed by atoms with Gasteiger partial charge in [-0.15, -0.1) is 6.58 Å². The maximum Gasteiger partial charge on any atom is 0.203 e. The van der Waals surface area contributed by atoms with Crippen LogP contribution >= 0.6 is 7.29 Å². The zero-order valence-electron chi connectivity index (χ0n) is 15.0. The molecule has 1 aliphatic heterocycles. The summed E-state index contributed by atoms with van der Waals surface area (Å²) in [6.45, 7) is 3.87. The summed E-state index contributed by atoms with van der Waals surface area (Å²) in [5, 5.41) is 2.00. The Morgan fingerprint density at radius 2 is 1.69 bits per heavy atom. The molecule has 1 fully saturated rings. The monoisotopic (exact) mass is 361 g/mol. The van der Waals surface area contributed by atoms with Crippen molar-refractivity contribution in [3.63, 3.8) is 0 Å². The minimum absolute atomic E-state index is 0.0921. The van der Waals surface area contributed by atoms with E-state index < -0.39 is 7.29 Å². The van der Waals surface area contributed by atoms with Crippen molar-refractivity contribution in [3.05, 3.63) is 102 Å². The summed E-state index contributed by atoms with van der Waals surface area (Å²) < 4.78 is 16.6. The molecule has 0 spiro atoms. The van der Waals surface area contributed by atoms with Gasteiger partial charge in [0.2, 0.25) is 7.29 Å². The van der Waals surface area contributed by atoms with E-state index in [1.165, 1.54) is 5.56 Å². The molecule has 26 heavy (non-hydrogen) atoms. The SMILES string of the molecule is C=CC[C@@H]1C=C[C@H]2C(=C1)[P@](=O)(c1ccccc1)N(C)[C@@H]2c1ccccc1. The van der Waals surface area contributed by atoms with Gasteiger partial charge in [0.25, 0.3) is 0 Å². The number of nitrogens with zero attached hydrogens (tertiary/aromatic N) is 1. The minimum atomic E-state index is -2.82. The lowest BCUT2D eigenvalue weighted by Crippen LogP contribution is -2.21. The van der Waals surface area contributed by atoms with Crippen molar-refractivity contribution < 1.29 is 4.57 Å². The first-order valence-electron chi connectivity index (χ1n) is 9.11. The van der Waals surface area contributed by atoms with Crippen molar-refractivity contribution in [3.8, 4) is 0 Å². The van der Waals surface area contributed by atoms with Gasteiger partial charge in [0.15, 0.2) is 0 Å². The zero-order valence-corrected chi connectivity index (χ0v) is 15.9. The van der Waals surface area contributed by atoms with Gasteiger partial charge < -0.3 is 0 Å². The third-order valence-electron chi connectivity index (χ3n) is 5.52. The molecule has 0 amide bonds. The van der Waals surface area contributed by atoms with Crippen LogP contribution in [0, 0.1) is 11.8 Å². The lowest BCUT2D eigenvalue weighted by molar-refractivity contribution is 0.371. The highest BCUT2D eigenvalue weighted by Crippen LogP contribution is 2.70. The number of benzene rings is 2. The van der Waals surface area contributed by atoms with Crippen molar-refractivity contribution in [1.82, 2.24) is 4.67 Å². The van der Waals surface area contributed by atoms with Crippen molar-refractivity contribution in [2.45, 2.75) is 12.5 Å². The molecule has 1 saturated heterocycles. The van der Waals surface area contributed by atoms with Gasteiger partial charge in [-0.05, 0) is 37.1 Å². The van der Waals surface area contributed by atoms with Gasteiger partial charge in [-0.3, -0.25) is 4.57 Å². The van der Waals surface area contributed by atoms with Gasteiger partial charge in [0, 0.05) is 16.5 Å². The van der Waals surface area contributed by atoms with E-state index in [2.05, 4.69) is 53.7 Å². The highest BCUT2D eigenvalue weighted by atomic mass is 31.2. The standard InChI is InChI=1S/C23H24NOP/c1-3-10-18-15-16-21-22(17-18)26(25,20-13-8-5-9-14-20)24(2)23(21)19-11-6-4-7-12-19/h3-9,11-18,21,23H,1,10H2,2H3/t18-,21+,23-,26-/m1/s1. The van der Waals surface area contributed by atoms with Crippen molar-refractivity contribution in [1.29, 1.82) is 0 Å². The average Bonchev–Trinajstić information content (AvgIpc) is 2.92. The van der Waals surface area contributed by atoms with Crippen LogP contribution in [0.4, 0.5) is 0 Å². The second-order valence-corrected chi connectivity index (χ2v) is 9.85. The number of fused-ring (bicyclic) bond motifs is 1. The Kier molecular flexibility index (Phi) is 4.56. The van der Waals surface area contributed by atoms with Crippen LogP contribution < -0.4 is 5.30 Å². The topological polar surface area (TPSA) is 20.3 Å². The lowest BCUT2D eigenvalue weighted by Gasteiger charge is -2.26. The molecule has 2 aromatic carbocycles. The summed E-state index contributed by atoms with van der Waals surface area (Å²) in [4.78, 5) is 0. The van der Waals surface area contributed by atoms with Crippen LogP contribution in [0.5, 0.6) is 0 Å². The van der Waals surface area contributed by atoms with Crippen LogP contribution in [0.25, 0.3) is 0 Å². The highest BCUT2D eigenvalue weighted by Gasteiger charge is 2.52. The number of rotatable bonds is 4. The Morgan fingerprint density at radius 1 is 1.04 bits per heavy atom. The predicted octanol–water partition coefficient (Wildman–Crippen LogP) is 5.54. The summed E-state index contributed by atoms with van der Waals surface area (Å²) in [6.07, 6.45) is 9.56. The van der Waals surface area contributed by atoms with E-state index in [1.807, 2.05) is 49.5 Å². The van der Waals surface area contributed by atoms with E-state index in [4.69, 9.17) is 0 Å². The summed E-state index contributed by atoms with van der Waals surface area (Å²) >= 11 is 0. The first-order valence-corrected chi connectivity index (χ1v) is 10.8. The molecule has 3 heteroatoms. The average molecular weight is 361 g/mol. The molecule has 0 saturated carbocycles. The van der Waals surface area contributed by atoms with Gasteiger partial charge in [-0.2, -0.15) is 0 Å². The summed E-state index contributed by atoms with van der Waals surface area (Å²) in [5.74, 6) is 0.424. The molecule has 0 N–H and O–H groups in total. The van der Waals surface area contributed by atoms with Crippen LogP contribution in [0.2, 0.25) is 0 Å². The first-order chi connectivity index (χ1) is 12.7. The summed E-state index contributed by atoms with van der Waals surface area (Å²) in [7, 11) is -0.804. The minimum Gasteiger partial charge on any atom is -0.297 e. The molecule has 2 aliphatic rings. The molecule has 4 rings (SSSR count). The van der Waals surface area contributed by atoms with E-state index in [1.54, 1.807) is 0 Å². The largest absolute Gasteiger partial charge is 0.297 e. The molecule has 0 aromatic heterocycles. The van der Waals surface area contributed by atoms with Gasteiger partial charge in [-0.25, -0.2) is 4.67 Å². The van der Waals surface area contributed by atoms with E-state index in [-0.39, 0.29) is 17.9 Å². The molecule has 0 unspecified atom stereocenters. The normalized spacial score (nSPS) is 30.7. The van der Waals surface area contributed by atoms with E-state index in [0.717, 1.165) is 17.0 Å². The number of hydrogen-bond donors (Lipinski definition) is 0. The Bertz CT molecular complexity index is 900. The van der Waals surface area contributed by atoms with E-state index >= 15 is 0 Å². The summed E-state index contributed by atoms with van der Waals surface area (Å²) in [5.41, 5.74) is 1.21. The van der Waals surface area contributed by atoms with Gasteiger partial charge in [0.1, 0.15) is 0 Å². The van der Waals surface area contributed by atoms with Crippen LogP contribution in [0.1, 0.15) is 18.0 Å². The molecule has 4 atom stereocenters. The number of allylic oxidation sites excluding steroid dienone is 3. The molecule has 0 radical (unpaired) electrons. The maximum absolute atomic E-state index is 14.4. The second-order valence-electron chi connectivity index (χ2n) is 7.03. The van der Waals surface area contributed by atoms with Crippen LogP contribution in [0.15, 0.2) is 96.9 Å². The molecule has 2 nitrogen and oxygen atoms in total. The predicted molar refractivity (Wildman–Crippen MR) is 110 cm³/mol. The zero-order chi connectivity index (χ0) is 18.1. The quantitative estimate of drug-likeness (QED) is 0.526. The highest BCUT2D eigenvalue weighted by molar-refractivity contribution is 7.73. The van der Waals surface area contributed by atoms with Gasteiger partial charge >= 0.3 is 0 Å². The fraction of sp³-hybridized carbons (Fsp3) is 0.217. The molecule has 2 aromatic rings. The van der Waals surface area contributed by atoms with Gasteiger partial charge in [-0.1, -0.05) is 72.8 Å². The first kappa shape index (κ1) is 17.3. The third-order valence-corrected chi connectivity index (χ3v) is 8.80. The van der Waals surface area contributed by atoms with Crippen LogP contribution in [0.3, 0.4) is 0 Å². The van der Waals surface area contributed by atoms with Crippen molar-refractivity contribution >= 4 is 12.6 Å². The van der Waals surface area contributed by atoms with E-state index in [0.29, 0.717) is 0 Å². The fourth-order valence-corrected chi connectivity index (χ4v) is 7.54. The van der Waals surface area contributed by atoms with Crippen molar-refractivity contribution in [2.75, 3.05) is 7.05 Å². The van der Waals surface area contributed by atoms with E-state index in [9.17, 15) is 4.57 Å². The Labute approximate surface area is 156 Å². The lowest BCUT2D eigenvalue weighted by atomic mass is 9.86. The maximum atomic E-state index is 14.4. The van der Waals surface area contributed by atoms with Crippen LogP contribution in [-0.4, -0.2) is 11.7 Å². The molecule has 0 bridgehead atoms. The molecular weight excluding hydrogens is 337 g/mol. The molecule has 132 valence electrons. The summed E-state index contributed by atoms with van der Waals surface area (Å²) in [6, 6.07) is 20.5. The molecule has 1 heterocycles. The van der Waals surface area contributed by atoms with Crippen molar-refractivity contribution in [2.24, 2.45) is 11.8 Å². The molecule has 1 aliphatic carbocycles. The molecular formula is C23H24NOP. The Balaban J connectivity index is 1.88. The van der Waals surface area contributed by atoms with Crippen LogP contribution in [-0.2, 0) is 4.57 Å². The second kappa shape index (κ2) is 6.87. The Hall–Kier alpha value is -2.15. The smallest absolute Gasteiger partial charge is 0.203 e. The Morgan fingerprint density at radius 3 is 2.35 bits per heavy atom. The number of hydrogen-bond acceptors (Lipinski definition) is 1. The van der Waals surface area contributed by atoms with Gasteiger partial charge in [0.05, 0.1) is 6.04 Å². The fourth-order valence-electron chi connectivity index (χ4n) is 4.28.